The van der Waals surface area contributed by atoms with Crippen LogP contribution in [0.5, 0.6) is 0 Å². The van der Waals surface area contributed by atoms with Crippen molar-refractivity contribution in [2.24, 2.45) is 5.92 Å². The normalized spacial score (nSPS) is 27.7. The zero-order chi connectivity index (χ0) is 10.1. The first kappa shape index (κ1) is 12.9. The summed E-state index contributed by atoms with van der Waals surface area (Å²) in [4.78, 5) is 0. The number of aliphatic hydroxyl groups is 1. The van der Waals surface area contributed by atoms with E-state index >= 15 is 0 Å². The molecule has 2 atom stereocenters. The second-order valence-electron chi connectivity index (χ2n) is 3.66. The highest BCUT2D eigenvalue weighted by molar-refractivity contribution is 4.78. The van der Waals surface area contributed by atoms with Crippen molar-refractivity contribution in [1.82, 2.24) is 5.32 Å². The standard InChI is InChI=1S/C9H19N.C2H6O/c1-3-8-6-4-5-7-9(8)10-2;1-2-3/h8-10H,3-7H2,1-2H3;3H,2H2,1H3. The first-order valence-corrected chi connectivity index (χ1v) is 5.58. The lowest BCUT2D eigenvalue weighted by molar-refractivity contribution is 0.267. The van der Waals surface area contributed by atoms with Gasteiger partial charge < -0.3 is 10.4 Å². The van der Waals surface area contributed by atoms with Crippen LogP contribution in [-0.4, -0.2) is 24.8 Å². The molecule has 1 saturated carbocycles. The molecule has 0 saturated heterocycles. The van der Waals surface area contributed by atoms with E-state index in [1.807, 2.05) is 0 Å². The van der Waals surface area contributed by atoms with Crippen molar-refractivity contribution < 1.29 is 5.11 Å². The van der Waals surface area contributed by atoms with Crippen LogP contribution in [0.2, 0.25) is 0 Å². The third-order valence-electron chi connectivity index (χ3n) is 2.80. The minimum atomic E-state index is 0.250. The Morgan fingerprint density at radius 2 is 1.77 bits per heavy atom. The highest BCUT2D eigenvalue weighted by Gasteiger charge is 2.21. The van der Waals surface area contributed by atoms with E-state index in [1.54, 1.807) is 6.92 Å². The van der Waals surface area contributed by atoms with E-state index in [4.69, 9.17) is 5.11 Å². The smallest absolute Gasteiger partial charge is 0.0402 e. The van der Waals surface area contributed by atoms with Crippen molar-refractivity contribution in [2.45, 2.75) is 52.0 Å². The minimum Gasteiger partial charge on any atom is -0.397 e. The van der Waals surface area contributed by atoms with Crippen molar-refractivity contribution in [2.75, 3.05) is 13.7 Å². The van der Waals surface area contributed by atoms with E-state index in [-0.39, 0.29) is 6.61 Å². The summed E-state index contributed by atoms with van der Waals surface area (Å²) < 4.78 is 0. The van der Waals surface area contributed by atoms with Crippen molar-refractivity contribution in [1.29, 1.82) is 0 Å². The highest BCUT2D eigenvalue weighted by atomic mass is 16.2. The lowest BCUT2D eigenvalue weighted by Crippen LogP contribution is -2.35. The molecule has 2 unspecified atom stereocenters. The third kappa shape index (κ3) is 5.27. The van der Waals surface area contributed by atoms with Gasteiger partial charge in [0.1, 0.15) is 0 Å². The SMILES string of the molecule is CCC1CCCCC1NC.CCO. The third-order valence-corrected chi connectivity index (χ3v) is 2.80. The quantitative estimate of drug-likeness (QED) is 0.694. The second kappa shape index (κ2) is 8.52. The average molecular weight is 187 g/mol. The zero-order valence-corrected chi connectivity index (χ0v) is 9.34. The molecule has 80 valence electrons. The Kier molecular flexibility index (Phi) is 8.46. The lowest BCUT2D eigenvalue weighted by Gasteiger charge is -2.30. The Morgan fingerprint density at radius 1 is 1.23 bits per heavy atom. The van der Waals surface area contributed by atoms with Gasteiger partial charge in [0.2, 0.25) is 0 Å². The predicted molar refractivity (Wildman–Crippen MR) is 57.9 cm³/mol. The Bertz CT molecular complexity index is 94.3. The maximum Gasteiger partial charge on any atom is 0.0402 e. The largest absolute Gasteiger partial charge is 0.397 e. The maximum atomic E-state index is 7.57. The molecule has 2 N–H and O–H groups in total. The van der Waals surface area contributed by atoms with E-state index in [0.717, 1.165) is 12.0 Å². The van der Waals surface area contributed by atoms with Crippen molar-refractivity contribution >= 4 is 0 Å². The highest BCUT2D eigenvalue weighted by Crippen LogP contribution is 2.26. The lowest BCUT2D eigenvalue weighted by atomic mass is 9.83. The average Bonchev–Trinajstić information content (AvgIpc) is 2.19. The number of hydrogen-bond acceptors (Lipinski definition) is 2. The Morgan fingerprint density at radius 3 is 2.15 bits per heavy atom. The van der Waals surface area contributed by atoms with Crippen LogP contribution >= 0.6 is 0 Å². The van der Waals surface area contributed by atoms with Crippen LogP contribution in [0.15, 0.2) is 0 Å². The fraction of sp³-hybridized carbons (Fsp3) is 1.00. The summed E-state index contributed by atoms with van der Waals surface area (Å²) in [6.45, 7) is 4.24. The molecule has 1 aliphatic carbocycles. The molecule has 2 heteroatoms. The number of nitrogens with one attached hydrogen (secondary N) is 1. The van der Waals surface area contributed by atoms with Gasteiger partial charge in [0.15, 0.2) is 0 Å². The van der Waals surface area contributed by atoms with Gasteiger partial charge >= 0.3 is 0 Å². The first-order valence-electron chi connectivity index (χ1n) is 5.58. The van der Waals surface area contributed by atoms with Gasteiger partial charge in [-0.1, -0.05) is 26.2 Å². The van der Waals surface area contributed by atoms with Crippen molar-refractivity contribution in [3.05, 3.63) is 0 Å². The van der Waals surface area contributed by atoms with Crippen LogP contribution in [-0.2, 0) is 0 Å². The van der Waals surface area contributed by atoms with E-state index in [1.165, 1.54) is 32.1 Å². The Labute approximate surface area is 82.7 Å². The fourth-order valence-corrected chi connectivity index (χ4v) is 2.08. The van der Waals surface area contributed by atoms with E-state index in [0.29, 0.717) is 0 Å². The van der Waals surface area contributed by atoms with E-state index in [9.17, 15) is 0 Å². The second-order valence-corrected chi connectivity index (χ2v) is 3.66. The molecule has 0 bridgehead atoms. The number of aliphatic hydroxyl groups excluding tert-OH is 1. The molecular weight excluding hydrogens is 162 g/mol. The van der Waals surface area contributed by atoms with Crippen LogP contribution in [0, 0.1) is 5.92 Å². The van der Waals surface area contributed by atoms with Crippen molar-refractivity contribution in [3.63, 3.8) is 0 Å². The molecule has 0 spiro atoms. The molecule has 0 heterocycles. The fourth-order valence-electron chi connectivity index (χ4n) is 2.08. The summed E-state index contributed by atoms with van der Waals surface area (Å²) in [7, 11) is 2.10. The van der Waals surface area contributed by atoms with Crippen LogP contribution in [0.1, 0.15) is 46.0 Å². The maximum absolute atomic E-state index is 7.57. The molecule has 1 aliphatic rings. The predicted octanol–water partition coefficient (Wildman–Crippen LogP) is 2.17. The summed E-state index contributed by atoms with van der Waals surface area (Å²) in [5.41, 5.74) is 0. The van der Waals surface area contributed by atoms with Crippen molar-refractivity contribution in [3.8, 4) is 0 Å². The molecule has 0 amide bonds. The molecule has 2 nitrogen and oxygen atoms in total. The zero-order valence-electron chi connectivity index (χ0n) is 9.34. The summed E-state index contributed by atoms with van der Waals surface area (Å²) in [6, 6.07) is 0.818. The van der Waals surface area contributed by atoms with Gasteiger partial charge in [0.05, 0.1) is 0 Å². The van der Waals surface area contributed by atoms with Gasteiger partial charge in [-0.05, 0) is 32.7 Å². The summed E-state index contributed by atoms with van der Waals surface area (Å²) in [5, 5.41) is 11.0. The molecule has 0 radical (unpaired) electrons. The summed E-state index contributed by atoms with van der Waals surface area (Å²) >= 11 is 0. The Balaban J connectivity index is 0.000000424. The summed E-state index contributed by atoms with van der Waals surface area (Å²) in [6.07, 6.45) is 7.08. The Hall–Kier alpha value is -0.0800. The van der Waals surface area contributed by atoms with Gasteiger partial charge in [-0.25, -0.2) is 0 Å². The number of hydrogen-bond donors (Lipinski definition) is 2. The van der Waals surface area contributed by atoms with Gasteiger partial charge in [-0.3, -0.25) is 0 Å². The summed E-state index contributed by atoms with van der Waals surface area (Å²) in [5.74, 6) is 0.957. The van der Waals surface area contributed by atoms with Gasteiger partial charge in [-0.15, -0.1) is 0 Å². The van der Waals surface area contributed by atoms with Gasteiger partial charge in [-0.2, -0.15) is 0 Å². The van der Waals surface area contributed by atoms with Crippen LogP contribution in [0.4, 0.5) is 0 Å². The van der Waals surface area contributed by atoms with Gasteiger partial charge in [0, 0.05) is 12.6 Å². The van der Waals surface area contributed by atoms with Crippen LogP contribution in [0.3, 0.4) is 0 Å². The topological polar surface area (TPSA) is 32.3 Å². The van der Waals surface area contributed by atoms with Crippen LogP contribution in [0.25, 0.3) is 0 Å². The van der Waals surface area contributed by atoms with E-state index in [2.05, 4.69) is 19.3 Å². The molecule has 1 rings (SSSR count). The minimum absolute atomic E-state index is 0.250. The molecule has 0 aromatic carbocycles. The van der Waals surface area contributed by atoms with Gasteiger partial charge in [0.25, 0.3) is 0 Å². The van der Waals surface area contributed by atoms with E-state index < -0.39 is 0 Å². The molecular formula is C11H25NO. The molecule has 0 aromatic rings. The molecule has 0 aromatic heterocycles. The number of rotatable bonds is 2. The molecule has 0 aliphatic heterocycles. The van der Waals surface area contributed by atoms with Crippen LogP contribution < -0.4 is 5.32 Å². The first-order chi connectivity index (χ1) is 6.29. The molecule has 1 fully saturated rings. The monoisotopic (exact) mass is 187 g/mol. The molecule has 13 heavy (non-hydrogen) atoms.